The molecule has 1 aromatic carbocycles. The molecule has 1 atom stereocenters. The summed E-state index contributed by atoms with van der Waals surface area (Å²) >= 11 is 1.88. The van der Waals surface area contributed by atoms with Crippen LogP contribution < -0.4 is 5.32 Å². The molecule has 0 amide bonds. The van der Waals surface area contributed by atoms with Gasteiger partial charge in [0.05, 0.1) is 12.0 Å². The number of aryl methyl sites for hydroxylation is 1. The van der Waals surface area contributed by atoms with Crippen molar-refractivity contribution >= 4 is 11.8 Å². The molecule has 0 saturated carbocycles. The number of hydrogen-bond acceptors (Lipinski definition) is 3. The fourth-order valence-electron chi connectivity index (χ4n) is 1.95. The van der Waals surface area contributed by atoms with Crippen molar-refractivity contribution in [3.8, 4) is 0 Å². The van der Waals surface area contributed by atoms with Gasteiger partial charge in [-0.15, -0.1) is 11.8 Å². The normalized spacial score (nSPS) is 12.6. The van der Waals surface area contributed by atoms with Crippen LogP contribution in [0, 0.1) is 0 Å². The van der Waals surface area contributed by atoms with Crippen LogP contribution in [0.1, 0.15) is 31.1 Å². The first-order valence-corrected chi connectivity index (χ1v) is 7.60. The van der Waals surface area contributed by atoms with Crippen molar-refractivity contribution in [2.75, 3.05) is 5.75 Å². The highest BCUT2D eigenvalue weighted by Crippen LogP contribution is 2.20. The highest BCUT2D eigenvalue weighted by molar-refractivity contribution is 7.99. The maximum Gasteiger partial charge on any atom is 0.0945 e. The fourth-order valence-corrected chi connectivity index (χ4v) is 2.61. The summed E-state index contributed by atoms with van der Waals surface area (Å²) in [5, 5.41) is 3.53. The van der Waals surface area contributed by atoms with Gasteiger partial charge in [0.25, 0.3) is 0 Å². The molecule has 102 valence electrons. The van der Waals surface area contributed by atoms with Crippen LogP contribution in [0.4, 0.5) is 0 Å². The monoisotopic (exact) mass is 275 g/mol. The summed E-state index contributed by atoms with van der Waals surface area (Å²) < 4.78 is 2.04. The van der Waals surface area contributed by atoms with Gasteiger partial charge in [-0.25, -0.2) is 4.98 Å². The van der Waals surface area contributed by atoms with E-state index in [4.69, 9.17) is 0 Å². The zero-order valence-corrected chi connectivity index (χ0v) is 12.6. The lowest BCUT2D eigenvalue weighted by molar-refractivity contribution is 0.557. The fraction of sp³-hybridized carbons (Fsp3) is 0.400. The molecule has 2 rings (SSSR count). The highest BCUT2D eigenvalue weighted by Gasteiger charge is 2.06. The predicted molar refractivity (Wildman–Crippen MR) is 81.3 cm³/mol. The minimum Gasteiger partial charge on any atom is -0.337 e. The van der Waals surface area contributed by atoms with Crippen LogP contribution in [0.25, 0.3) is 0 Å². The molecule has 0 bridgehead atoms. The summed E-state index contributed by atoms with van der Waals surface area (Å²) in [6, 6.07) is 9.16. The standard InChI is InChI=1S/C15H21N3S/c1-4-19-15-7-5-13(6-8-15)12(2)17-10-14-9-16-11-18(14)3/h5-9,11-12,17H,4,10H2,1-3H3. The Morgan fingerprint density at radius 2 is 2.05 bits per heavy atom. The maximum absolute atomic E-state index is 4.12. The second-order valence-corrected chi connectivity index (χ2v) is 5.94. The molecule has 3 nitrogen and oxygen atoms in total. The molecule has 1 unspecified atom stereocenters. The van der Waals surface area contributed by atoms with E-state index in [0.29, 0.717) is 6.04 Å². The first-order chi connectivity index (χ1) is 9.20. The van der Waals surface area contributed by atoms with E-state index in [0.717, 1.165) is 12.3 Å². The maximum atomic E-state index is 4.12. The summed E-state index contributed by atoms with van der Waals surface area (Å²) in [5.41, 5.74) is 2.52. The molecule has 1 heterocycles. The third kappa shape index (κ3) is 3.85. The van der Waals surface area contributed by atoms with E-state index in [1.165, 1.54) is 16.2 Å². The van der Waals surface area contributed by atoms with Gasteiger partial charge < -0.3 is 9.88 Å². The Labute approximate surface area is 119 Å². The molecular weight excluding hydrogens is 254 g/mol. The first-order valence-electron chi connectivity index (χ1n) is 6.62. The van der Waals surface area contributed by atoms with E-state index in [1.807, 2.05) is 35.9 Å². The molecule has 19 heavy (non-hydrogen) atoms. The summed E-state index contributed by atoms with van der Waals surface area (Å²) in [6.45, 7) is 5.21. The number of hydrogen-bond donors (Lipinski definition) is 1. The van der Waals surface area contributed by atoms with Crippen molar-refractivity contribution < 1.29 is 0 Å². The van der Waals surface area contributed by atoms with Gasteiger partial charge in [0, 0.05) is 30.7 Å². The van der Waals surface area contributed by atoms with E-state index in [1.54, 1.807) is 0 Å². The number of nitrogens with zero attached hydrogens (tertiary/aromatic N) is 2. The number of imidazole rings is 1. The Morgan fingerprint density at radius 3 is 2.63 bits per heavy atom. The van der Waals surface area contributed by atoms with E-state index < -0.39 is 0 Å². The molecule has 0 aliphatic carbocycles. The molecule has 4 heteroatoms. The number of rotatable bonds is 6. The predicted octanol–water partition coefficient (Wildman–Crippen LogP) is 3.38. The van der Waals surface area contributed by atoms with E-state index in [2.05, 4.69) is 48.4 Å². The minimum absolute atomic E-state index is 0.343. The molecule has 0 fully saturated rings. The largest absolute Gasteiger partial charge is 0.337 e. The summed E-state index contributed by atoms with van der Waals surface area (Å²) in [6.07, 6.45) is 3.74. The van der Waals surface area contributed by atoms with Crippen molar-refractivity contribution in [1.82, 2.24) is 14.9 Å². The molecule has 0 spiro atoms. The molecule has 1 N–H and O–H groups in total. The lowest BCUT2D eigenvalue weighted by Crippen LogP contribution is -2.19. The molecule has 0 saturated heterocycles. The van der Waals surface area contributed by atoms with Crippen LogP contribution >= 0.6 is 11.8 Å². The van der Waals surface area contributed by atoms with Crippen molar-refractivity contribution in [3.63, 3.8) is 0 Å². The van der Waals surface area contributed by atoms with Gasteiger partial charge in [-0.2, -0.15) is 0 Å². The van der Waals surface area contributed by atoms with Gasteiger partial charge in [0.1, 0.15) is 0 Å². The van der Waals surface area contributed by atoms with Crippen molar-refractivity contribution in [2.24, 2.45) is 7.05 Å². The van der Waals surface area contributed by atoms with Crippen LogP contribution in [-0.4, -0.2) is 15.3 Å². The summed E-state index contributed by atoms with van der Waals surface area (Å²) in [7, 11) is 2.02. The van der Waals surface area contributed by atoms with Gasteiger partial charge in [-0.1, -0.05) is 19.1 Å². The van der Waals surface area contributed by atoms with Crippen LogP contribution in [0.5, 0.6) is 0 Å². The molecule has 0 aliphatic rings. The van der Waals surface area contributed by atoms with Crippen LogP contribution in [0.15, 0.2) is 41.7 Å². The van der Waals surface area contributed by atoms with Crippen molar-refractivity contribution in [2.45, 2.75) is 31.3 Å². The number of thioether (sulfide) groups is 1. The van der Waals surface area contributed by atoms with Gasteiger partial charge in [0.2, 0.25) is 0 Å². The third-order valence-electron chi connectivity index (χ3n) is 3.20. The highest BCUT2D eigenvalue weighted by atomic mass is 32.2. The van der Waals surface area contributed by atoms with Crippen molar-refractivity contribution in [3.05, 3.63) is 48.0 Å². The second-order valence-electron chi connectivity index (χ2n) is 4.60. The molecular formula is C15H21N3S. The summed E-state index contributed by atoms with van der Waals surface area (Å²) in [4.78, 5) is 5.46. The third-order valence-corrected chi connectivity index (χ3v) is 4.09. The van der Waals surface area contributed by atoms with Crippen LogP contribution in [0.2, 0.25) is 0 Å². The molecule has 0 radical (unpaired) electrons. The van der Waals surface area contributed by atoms with Crippen molar-refractivity contribution in [1.29, 1.82) is 0 Å². The lowest BCUT2D eigenvalue weighted by atomic mass is 10.1. The first kappa shape index (κ1) is 14.2. The lowest BCUT2D eigenvalue weighted by Gasteiger charge is -2.14. The average molecular weight is 275 g/mol. The average Bonchev–Trinajstić information content (AvgIpc) is 2.83. The van der Waals surface area contributed by atoms with E-state index in [-0.39, 0.29) is 0 Å². The van der Waals surface area contributed by atoms with Gasteiger partial charge in [-0.3, -0.25) is 0 Å². The SMILES string of the molecule is CCSc1ccc(C(C)NCc2cncn2C)cc1. The van der Waals surface area contributed by atoms with Gasteiger partial charge in [-0.05, 0) is 30.4 Å². The Bertz CT molecular complexity index is 504. The van der Waals surface area contributed by atoms with E-state index in [9.17, 15) is 0 Å². The Balaban J connectivity index is 1.92. The van der Waals surface area contributed by atoms with Crippen LogP contribution in [-0.2, 0) is 13.6 Å². The Hall–Kier alpha value is -1.26. The van der Waals surface area contributed by atoms with Gasteiger partial charge in [0.15, 0.2) is 0 Å². The number of benzene rings is 1. The second kappa shape index (κ2) is 6.78. The van der Waals surface area contributed by atoms with Crippen LogP contribution in [0.3, 0.4) is 0 Å². The number of aromatic nitrogens is 2. The minimum atomic E-state index is 0.343. The Kier molecular flexibility index (Phi) is 5.05. The Morgan fingerprint density at radius 1 is 1.32 bits per heavy atom. The zero-order chi connectivity index (χ0) is 13.7. The number of nitrogens with one attached hydrogen (secondary N) is 1. The molecule has 0 aliphatic heterocycles. The topological polar surface area (TPSA) is 29.9 Å². The van der Waals surface area contributed by atoms with E-state index >= 15 is 0 Å². The quantitative estimate of drug-likeness (QED) is 0.820. The zero-order valence-electron chi connectivity index (χ0n) is 11.8. The molecule has 1 aromatic heterocycles. The summed E-state index contributed by atoms with van der Waals surface area (Å²) in [5.74, 6) is 1.12. The molecule has 2 aromatic rings. The van der Waals surface area contributed by atoms with Gasteiger partial charge >= 0.3 is 0 Å². The smallest absolute Gasteiger partial charge is 0.0945 e.